The van der Waals surface area contributed by atoms with Crippen LogP contribution in [0.5, 0.6) is 0 Å². The van der Waals surface area contributed by atoms with Crippen LogP contribution in [0.25, 0.3) is 0 Å². The monoisotopic (exact) mass is 248 g/mol. The van der Waals surface area contributed by atoms with Crippen LogP contribution in [-0.4, -0.2) is 20.6 Å². The first kappa shape index (κ1) is 15.2. The number of hydrogen-bond acceptors (Lipinski definition) is 2. The fraction of sp³-hybridized carbons (Fsp3) is 0.625. The standard InChI is InChI=1S/C16H28N2/c1-13(2)12-14-7-9-15(10-8-14)16(18-4)6-5-11-17-3/h7-10,13,16-18H,5-6,11-12H2,1-4H3. The van der Waals surface area contributed by atoms with Crippen molar-refractivity contribution in [3.8, 4) is 0 Å². The van der Waals surface area contributed by atoms with Gasteiger partial charge in [-0.3, -0.25) is 0 Å². The third kappa shape index (κ3) is 5.19. The Bertz CT molecular complexity index is 316. The van der Waals surface area contributed by atoms with Crippen molar-refractivity contribution < 1.29 is 0 Å². The maximum Gasteiger partial charge on any atom is 0.0317 e. The summed E-state index contributed by atoms with van der Waals surface area (Å²) < 4.78 is 0. The molecule has 18 heavy (non-hydrogen) atoms. The fourth-order valence-corrected chi connectivity index (χ4v) is 2.32. The lowest BCUT2D eigenvalue weighted by atomic mass is 9.97. The molecule has 0 radical (unpaired) electrons. The second-order valence-corrected chi connectivity index (χ2v) is 5.43. The van der Waals surface area contributed by atoms with Crippen molar-refractivity contribution in [1.82, 2.24) is 10.6 Å². The molecule has 0 aliphatic heterocycles. The largest absolute Gasteiger partial charge is 0.320 e. The highest BCUT2D eigenvalue weighted by Gasteiger charge is 2.08. The molecular weight excluding hydrogens is 220 g/mol. The first-order valence-corrected chi connectivity index (χ1v) is 7.08. The van der Waals surface area contributed by atoms with Crippen LogP contribution in [0.15, 0.2) is 24.3 Å². The van der Waals surface area contributed by atoms with Gasteiger partial charge in [0.2, 0.25) is 0 Å². The predicted octanol–water partition coefficient (Wildman–Crippen LogP) is 3.15. The topological polar surface area (TPSA) is 24.1 Å². The van der Waals surface area contributed by atoms with Gasteiger partial charge in [-0.2, -0.15) is 0 Å². The van der Waals surface area contributed by atoms with Crippen molar-refractivity contribution in [2.75, 3.05) is 20.6 Å². The maximum atomic E-state index is 3.41. The summed E-state index contributed by atoms with van der Waals surface area (Å²) in [6.07, 6.45) is 3.56. The summed E-state index contributed by atoms with van der Waals surface area (Å²) in [6, 6.07) is 9.58. The molecule has 0 bridgehead atoms. The Balaban J connectivity index is 2.57. The lowest BCUT2D eigenvalue weighted by molar-refractivity contribution is 0.518. The average molecular weight is 248 g/mol. The van der Waals surface area contributed by atoms with Crippen LogP contribution >= 0.6 is 0 Å². The van der Waals surface area contributed by atoms with Gasteiger partial charge in [-0.25, -0.2) is 0 Å². The molecule has 2 nitrogen and oxygen atoms in total. The SMILES string of the molecule is CNCCCC(NC)c1ccc(CC(C)C)cc1. The normalized spacial score (nSPS) is 12.9. The van der Waals surface area contributed by atoms with Gasteiger partial charge in [0.05, 0.1) is 0 Å². The van der Waals surface area contributed by atoms with Crippen molar-refractivity contribution in [1.29, 1.82) is 0 Å². The van der Waals surface area contributed by atoms with Crippen LogP contribution in [-0.2, 0) is 6.42 Å². The Morgan fingerprint density at radius 2 is 1.72 bits per heavy atom. The number of rotatable bonds is 8. The molecule has 1 unspecified atom stereocenters. The van der Waals surface area contributed by atoms with E-state index in [0.29, 0.717) is 6.04 Å². The van der Waals surface area contributed by atoms with E-state index < -0.39 is 0 Å². The summed E-state index contributed by atoms with van der Waals surface area (Å²) in [5.74, 6) is 0.728. The van der Waals surface area contributed by atoms with E-state index in [1.54, 1.807) is 0 Å². The minimum atomic E-state index is 0.478. The first-order chi connectivity index (χ1) is 8.67. The third-order valence-electron chi connectivity index (χ3n) is 3.29. The molecule has 0 fully saturated rings. The summed E-state index contributed by atoms with van der Waals surface area (Å²) in [6.45, 7) is 5.62. The molecule has 0 amide bonds. The van der Waals surface area contributed by atoms with E-state index in [-0.39, 0.29) is 0 Å². The zero-order valence-corrected chi connectivity index (χ0v) is 12.3. The van der Waals surface area contributed by atoms with E-state index in [0.717, 1.165) is 12.5 Å². The molecule has 0 saturated heterocycles. The Hall–Kier alpha value is -0.860. The summed E-state index contributed by atoms with van der Waals surface area (Å²) in [5, 5.41) is 6.61. The minimum absolute atomic E-state index is 0.478. The molecule has 2 heteroatoms. The second-order valence-electron chi connectivity index (χ2n) is 5.43. The van der Waals surface area contributed by atoms with Gasteiger partial charge in [0, 0.05) is 6.04 Å². The lowest BCUT2D eigenvalue weighted by Crippen LogP contribution is -2.18. The highest BCUT2D eigenvalue weighted by Crippen LogP contribution is 2.19. The van der Waals surface area contributed by atoms with Crippen molar-refractivity contribution in [2.45, 2.75) is 39.2 Å². The van der Waals surface area contributed by atoms with Gasteiger partial charge >= 0.3 is 0 Å². The summed E-state index contributed by atoms with van der Waals surface area (Å²) in [5.41, 5.74) is 2.85. The average Bonchev–Trinajstić information content (AvgIpc) is 2.35. The van der Waals surface area contributed by atoms with Crippen LogP contribution in [0.3, 0.4) is 0 Å². The summed E-state index contributed by atoms with van der Waals surface area (Å²) in [7, 11) is 4.06. The van der Waals surface area contributed by atoms with Gasteiger partial charge < -0.3 is 10.6 Å². The quantitative estimate of drug-likeness (QED) is 0.691. The Labute approximate surface area is 112 Å². The van der Waals surface area contributed by atoms with E-state index in [1.807, 2.05) is 14.1 Å². The summed E-state index contributed by atoms with van der Waals surface area (Å²) >= 11 is 0. The fourth-order valence-electron chi connectivity index (χ4n) is 2.32. The van der Waals surface area contributed by atoms with Gasteiger partial charge in [-0.15, -0.1) is 0 Å². The molecule has 0 saturated carbocycles. The number of nitrogens with one attached hydrogen (secondary N) is 2. The van der Waals surface area contributed by atoms with Crippen LogP contribution in [0, 0.1) is 5.92 Å². The van der Waals surface area contributed by atoms with Crippen molar-refractivity contribution in [3.63, 3.8) is 0 Å². The highest BCUT2D eigenvalue weighted by atomic mass is 14.9. The van der Waals surface area contributed by atoms with E-state index in [1.165, 1.54) is 30.4 Å². The van der Waals surface area contributed by atoms with Crippen molar-refractivity contribution in [2.24, 2.45) is 5.92 Å². The van der Waals surface area contributed by atoms with Crippen LogP contribution < -0.4 is 10.6 Å². The van der Waals surface area contributed by atoms with E-state index >= 15 is 0 Å². The Morgan fingerprint density at radius 3 is 2.22 bits per heavy atom. The molecule has 1 aromatic rings. The molecule has 0 spiro atoms. The van der Waals surface area contributed by atoms with Crippen LogP contribution in [0.1, 0.15) is 43.9 Å². The Kier molecular flexibility index (Phi) is 6.99. The molecule has 1 rings (SSSR count). The maximum absolute atomic E-state index is 3.41. The lowest BCUT2D eigenvalue weighted by Gasteiger charge is -2.17. The predicted molar refractivity (Wildman–Crippen MR) is 79.9 cm³/mol. The van der Waals surface area contributed by atoms with Gasteiger partial charge in [0.1, 0.15) is 0 Å². The third-order valence-corrected chi connectivity index (χ3v) is 3.29. The first-order valence-electron chi connectivity index (χ1n) is 7.08. The van der Waals surface area contributed by atoms with Gasteiger partial charge in [0.15, 0.2) is 0 Å². The number of hydrogen-bond donors (Lipinski definition) is 2. The van der Waals surface area contributed by atoms with Crippen molar-refractivity contribution in [3.05, 3.63) is 35.4 Å². The zero-order chi connectivity index (χ0) is 13.4. The number of benzene rings is 1. The van der Waals surface area contributed by atoms with Crippen molar-refractivity contribution >= 4 is 0 Å². The molecule has 0 aliphatic carbocycles. The smallest absolute Gasteiger partial charge is 0.0317 e. The second kappa shape index (κ2) is 8.28. The van der Waals surface area contributed by atoms with E-state index in [9.17, 15) is 0 Å². The van der Waals surface area contributed by atoms with Gasteiger partial charge in [-0.1, -0.05) is 38.1 Å². The molecular formula is C16H28N2. The van der Waals surface area contributed by atoms with Crippen LogP contribution in [0.4, 0.5) is 0 Å². The van der Waals surface area contributed by atoms with Gasteiger partial charge in [-0.05, 0) is 56.9 Å². The Morgan fingerprint density at radius 1 is 1.06 bits per heavy atom. The zero-order valence-electron chi connectivity index (χ0n) is 12.3. The molecule has 0 aromatic heterocycles. The molecule has 1 atom stereocenters. The van der Waals surface area contributed by atoms with Gasteiger partial charge in [0.25, 0.3) is 0 Å². The summed E-state index contributed by atoms with van der Waals surface area (Å²) in [4.78, 5) is 0. The van der Waals surface area contributed by atoms with Crippen LogP contribution in [0.2, 0.25) is 0 Å². The minimum Gasteiger partial charge on any atom is -0.320 e. The molecule has 2 N–H and O–H groups in total. The molecule has 102 valence electrons. The van der Waals surface area contributed by atoms with E-state index in [2.05, 4.69) is 48.7 Å². The highest BCUT2D eigenvalue weighted by molar-refractivity contribution is 5.25. The molecule has 1 aromatic carbocycles. The molecule has 0 aliphatic rings. The van der Waals surface area contributed by atoms with E-state index in [4.69, 9.17) is 0 Å². The molecule has 0 heterocycles.